The summed E-state index contributed by atoms with van der Waals surface area (Å²) in [5.41, 5.74) is 4.07. The summed E-state index contributed by atoms with van der Waals surface area (Å²) in [5.74, 6) is 0.0123. The maximum Gasteiger partial charge on any atom is 0.272 e. The average Bonchev–Trinajstić information content (AvgIpc) is 3.15. The van der Waals surface area contributed by atoms with Crippen molar-refractivity contribution < 1.29 is 28.6 Å². The van der Waals surface area contributed by atoms with Gasteiger partial charge in [-0.25, -0.2) is 0 Å². The molecule has 1 atom stereocenters. The lowest BCUT2D eigenvalue weighted by Crippen LogP contribution is -2.30. The lowest BCUT2D eigenvalue weighted by atomic mass is 10.1. The van der Waals surface area contributed by atoms with E-state index in [-0.39, 0.29) is 11.6 Å². The molecule has 0 saturated carbocycles. The number of carbonyl (C=O) groups is 3. The second-order valence-electron chi connectivity index (χ2n) is 11.1. The lowest BCUT2D eigenvalue weighted by Gasteiger charge is -2.18. The first-order valence-electron chi connectivity index (χ1n) is 15.7. The van der Waals surface area contributed by atoms with Crippen molar-refractivity contribution >= 4 is 46.9 Å². The number of methoxy groups -OCH3 is 3. The predicted molar refractivity (Wildman–Crippen MR) is 198 cm³/mol. The molecule has 0 fully saturated rings. The predicted octanol–water partition coefficient (Wildman–Crippen LogP) is 7.90. The summed E-state index contributed by atoms with van der Waals surface area (Å²) in [6.45, 7) is 1.99. The number of amides is 3. The van der Waals surface area contributed by atoms with E-state index in [1.54, 1.807) is 54.6 Å². The Labute approximate surface area is 295 Å². The van der Waals surface area contributed by atoms with Crippen LogP contribution >= 0.6 is 11.8 Å². The zero-order chi connectivity index (χ0) is 35.5. The number of hydrogen-bond acceptors (Lipinski definition) is 7. The summed E-state index contributed by atoms with van der Waals surface area (Å²) in [7, 11) is 4.49. The number of anilines is 2. The number of thioether (sulfide) groups is 1. The molecular formula is C40H37N3O6S. The monoisotopic (exact) mass is 687 g/mol. The molecule has 0 aromatic heterocycles. The summed E-state index contributed by atoms with van der Waals surface area (Å²) in [5, 5.41) is 8.12. The molecule has 0 radical (unpaired) electrons. The van der Waals surface area contributed by atoms with Crippen molar-refractivity contribution in [2.75, 3.05) is 32.0 Å². The highest BCUT2D eigenvalue weighted by Gasteiger charge is 2.23. The van der Waals surface area contributed by atoms with Crippen molar-refractivity contribution in [1.29, 1.82) is 0 Å². The van der Waals surface area contributed by atoms with Crippen LogP contribution in [0.5, 0.6) is 17.2 Å². The molecule has 254 valence electrons. The highest BCUT2D eigenvalue weighted by molar-refractivity contribution is 8.00. The van der Waals surface area contributed by atoms with Crippen molar-refractivity contribution in [2.24, 2.45) is 0 Å². The smallest absolute Gasteiger partial charge is 0.272 e. The number of ether oxygens (including phenoxy) is 3. The highest BCUT2D eigenvalue weighted by atomic mass is 32.2. The molecule has 0 spiro atoms. The summed E-state index contributed by atoms with van der Waals surface area (Å²) in [6.07, 6.45) is 1.53. The summed E-state index contributed by atoms with van der Waals surface area (Å²) < 4.78 is 16.4. The number of nitrogens with one attached hydrogen (secondary N) is 3. The molecular weight excluding hydrogens is 651 g/mol. The largest absolute Gasteiger partial charge is 0.493 e. The maximum absolute atomic E-state index is 13.7. The third-order valence-corrected chi connectivity index (χ3v) is 8.82. The average molecular weight is 688 g/mol. The van der Waals surface area contributed by atoms with E-state index in [4.69, 9.17) is 14.2 Å². The molecule has 0 heterocycles. The van der Waals surface area contributed by atoms with Gasteiger partial charge in [0, 0.05) is 21.8 Å². The molecule has 3 amide bonds. The summed E-state index contributed by atoms with van der Waals surface area (Å²) in [4.78, 5) is 41.2. The first-order valence-corrected chi connectivity index (χ1v) is 16.5. The van der Waals surface area contributed by atoms with Gasteiger partial charge in [-0.3, -0.25) is 14.4 Å². The number of rotatable bonds is 13. The minimum atomic E-state index is -0.553. The fourth-order valence-corrected chi connectivity index (χ4v) is 6.02. The van der Waals surface area contributed by atoms with Gasteiger partial charge < -0.3 is 30.2 Å². The summed E-state index contributed by atoms with van der Waals surface area (Å²) in [6, 6.07) is 36.3. The molecule has 0 saturated heterocycles. The molecule has 5 aromatic rings. The number of aryl methyl sites for hydroxylation is 1. The number of hydrogen-bond donors (Lipinski definition) is 3. The molecule has 50 heavy (non-hydrogen) atoms. The zero-order valence-electron chi connectivity index (χ0n) is 28.1. The van der Waals surface area contributed by atoms with Gasteiger partial charge in [0.15, 0.2) is 11.5 Å². The quantitative estimate of drug-likeness (QED) is 0.0852. The Morgan fingerprint density at radius 2 is 1.24 bits per heavy atom. The Hall–Kier alpha value is -6.00. The van der Waals surface area contributed by atoms with E-state index in [9.17, 15) is 14.4 Å². The van der Waals surface area contributed by atoms with Gasteiger partial charge in [0.2, 0.25) is 11.7 Å². The molecule has 9 nitrogen and oxygen atoms in total. The third-order valence-electron chi connectivity index (χ3n) is 7.55. The minimum absolute atomic E-state index is 0.0107. The number of carbonyl (C=O) groups excluding carboxylic acids is 3. The SMILES string of the molecule is COc1cc(/C=C(\NC(=O)c2ccccc2)C(=O)Nc2ccc(SC(C(=O)Nc3ccc(C)cc3)c3ccccc3)cc2)cc(OC)c1OC. The molecule has 0 aliphatic carbocycles. The third kappa shape index (κ3) is 9.12. The van der Waals surface area contributed by atoms with Crippen molar-refractivity contribution in [2.45, 2.75) is 17.1 Å². The van der Waals surface area contributed by atoms with Gasteiger partial charge in [0.1, 0.15) is 10.9 Å². The van der Waals surface area contributed by atoms with Gasteiger partial charge in [0.25, 0.3) is 11.8 Å². The normalized spacial score (nSPS) is 11.6. The maximum atomic E-state index is 13.7. The fraction of sp³-hybridized carbons (Fsp3) is 0.125. The van der Waals surface area contributed by atoms with E-state index in [1.165, 1.54) is 39.2 Å². The molecule has 0 aliphatic rings. The van der Waals surface area contributed by atoms with E-state index in [1.807, 2.05) is 73.7 Å². The number of benzene rings is 5. The van der Waals surface area contributed by atoms with E-state index >= 15 is 0 Å². The Morgan fingerprint density at radius 1 is 0.680 bits per heavy atom. The Kier molecular flexibility index (Phi) is 11.9. The molecule has 0 aliphatic heterocycles. The highest BCUT2D eigenvalue weighted by Crippen LogP contribution is 2.39. The van der Waals surface area contributed by atoms with Crippen LogP contribution < -0.4 is 30.2 Å². The van der Waals surface area contributed by atoms with Crippen molar-refractivity contribution in [3.8, 4) is 17.2 Å². The van der Waals surface area contributed by atoms with Crippen molar-refractivity contribution in [3.63, 3.8) is 0 Å². The first kappa shape index (κ1) is 35.3. The lowest BCUT2D eigenvalue weighted by molar-refractivity contribution is -0.116. The summed E-state index contributed by atoms with van der Waals surface area (Å²) >= 11 is 1.40. The Bertz CT molecular complexity index is 1940. The van der Waals surface area contributed by atoms with Gasteiger partial charge in [0.05, 0.1) is 21.3 Å². The standard InChI is InChI=1S/C40H37N3O6S/c1-26-15-17-30(18-16-26)42-40(46)37(28-11-7-5-8-12-28)50-32-21-19-31(20-22-32)41-39(45)33(43-38(44)29-13-9-6-10-14-29)23-27-24-34(47-2)36(49-4)35(25-27)48-3/h5-25,37H,1-4H3,(H,41,45)(H,42,46)(H,43,44)/b33-23-. The Morgan fingerprint density at radius 3 is 1.82 bits per heavy atom. The second-order valence-corrected chi connectivity index (χ2v) is 12.3. The van der Waals surface area contributed by atoms with Crippen LogP contribution in [0.2, 0.25) is 0 Å². The van der Waals surface area contributed by atoms with E-state index < -0.39 is 17.1 Å². The molecule has 10 heteroatoms. The molecule has 1 unspecified atom stereocenters. The van der Waals surface area contributed by atoms with Crippen LogP contribution in [0.3, 0.4) is 0 Å². The van der Waals surface area contributed by atoms with Gasteiger partial charge in [-0.1, -0.05) is 66.2 Å². The van der Waals surface area contributed by atoms with E-state index in [0.717, 1.165) is 21.7 Å². The molecule has 5 aromatic carbocycles. The van der Waals surface area contributed by atoms with E-state index in [2.05, 4.69) is 16.0 Å². The van der Waals surface area contributed by atoms with Crippen LogP contribution in [0.4, 0.5) is 11.4 Å². The van der Waals surface area contributed by atoms with Crippen LogP contribution in [-0.2, 0) is 9.59 Å². The van der Waals surface area contributed by atoms with Crippen molar-refractivity contribution in [3.05, 3.63) is 149 Å². The van der Waals surface area contributed by atoms with Gasteiger partial charge in [-0.2, -0.15) is 0 Å². The fourth-order valence-electron chi connectivity index (χ4n) is 4.99. The first-order chi connectivity index (χ1) is 24.3. The van der Waals surface area contributed by atoms with Crippen LogP contribution in [0.15, 0.2) is 132 Å². The minimum Gasteiger partial charge on any atom is -0.493 e. The molecule has 5 rings (SSSR count). The van der Waals surface area contributed by atoms with Crippen LogP contribution in [0.1, 0.15) is 32.3 Å². The van der Waals surface area contributed by atoms with Gasteiger partial charge in [-0.15, -0.1) is 11.8 Å². The van der Waals surface area contributed by atoms with Crippen LogP contribution in [0.25, 0.3) is 6.08 Å². The Balaban J connectivity index is 1.38. The second kappa shape index (κ2) is 16.9. The van der Waals surface area contributed by atoms with Crippen LogP contribution in [-0.4, -0.2) is 39.1 Å². The van der Waals surface area contributed by atoms with Gasteiger partial charge in [-0.05, 0) is 84.8 Å². The topological polar surface area (TPSA) is 115 Å². The zero-order valence-corrected chi connectivity index (χ0v) is 28.9. The van der Waals surface area contributed by atoms with Crippen molar-refractivity contribution in [1.82, 2.24) is 5.32 Å². The van der Waals surface area contributed by atoms with E-state index in [0.29, 0.717) is 34.1 Å². The molecule has 3 N–H and O–H groups in total. The van der Waals surface area contributed by atoms with Gasteiger partial charge >= 0.3 is 0 Å². The van der Waals surface area contributed by atoms with Crippen LogP contribution in [0, 0.1) is 6.92 Å². The molecule has 0 bridgehead atoms.